The Morgan fingerprint density at radius 1 is 0.510 bits per heavy atom. The minimum Gasteiger partial charge on any atom is -0.356 e. The van der Waals surface area contributed by atoms with Crippen LogP contribution in [0.5, 0.6) is 0 Å². The van der Waals surface area contributed by atoms with Crippen LogP contribution in [0.4, 0.5) is 0 Å². The molecule has 0 unspecified atom stereocenters. The van der Waals surface area contributed by atoms with Crippen LogP contribution in [0, 0.1) is 35.5 Å². The molecule has 2 rings (SSSR count). The molecule has 2 aliphatic rings. The highest BCUT2D eigenvalue weighted by Gasteiger charge is 2.28. The standard InChI is InChI=1S/C37H64N4O6S2/c1-26(2)34(44)38-20-22-48-36(46)30-16-12-28(13-17-30)24-40-32(42)10-8-6-5-7-9-11-33(43)41-25-29-14-18-31(19-15-29)37(47)49-23-21-39-35(45)27(3)4/h26-31H,5-25H2,1-4H3,(H,38,44)(H,39,45)(H,40,42)(H,41,43). The molecular formula is C37H64N4O6S2. The number of amides is 4. The van der Waals surface area contributed by atoms with Crippen LogP contribution in [-0.2, 0) is 28.8 Å². The van der Waals surface area contributed by atoms with Gasteiger partial charge in [0.15, 0.2) is 10.2 Å². The Labute approximate surface area is 303 Å². The summed E-state index contributed by atoms with van der Waals surface area (Å²) in [5.74, 6) is 2.39. The van der Waals surface area contributed by atoms with Crippen molar-refractivity contribution in [2.45, 2.75) is 124 Å². The highest BCUT2D eigenvalue weighted by molar-refractivity contribution is 8.13. The van der Waals surface area contributed by atoms with Crippen molar-refractivity contribution in [2.24, 2.45) is 35.5 Å². The van der Waals surface area contributed by atoms with Gasteiger partial charge in [0.2, 0.25) is 23.6 Å². The second-order valence-corrected chi connectivity index (χ2v) is 16.7. The minimum absolute atomic E-state index is 0.0175. The molecule has 0 radical (unpaired) electrons. The normalized spacial score (nSPS) is 20.9. The van der Waals surface area contributed by atoms with E-state index in [1.165, 1.54) is 23.5 Å². The maximum Gasteiger partial charge on any atom is 0.222 e. The summed E-state index contributed by atoms with van der Waals surface area (Å²) < 4.78 is 0. The first-order valence-corrected chi connectivity index (χ1v) is 20.8. The molecule has 0 bridgehead atoms. The van der Waals surface area contributed by atoms with E-state index in [0.717, 1.165) is 83.5 Å². The number of hydrogen-bond acceptors (Lipinski definition) is 8. The zero-order valence-corrected chi connectivity index (χ0v) is 32.2. The summed E-state index contributed by atoms with van der Waals surface area (Å²) in [6.45, 7) is 9.82. The predicted octanol–water partition coefficient (Wildman–Crippen LogP) is 5.63. The maximum absolute atomic E-state index is 12.5. The molecule has 2 aliphatic carbocycles. The van der Waals surface area contributed by atoms with Crippen molar-refractivity contribution in [1.29, 1.82) is 0 Å². The summed E-state index contributed by atoms with van der Waals surface area (Å²) in [6.07, 6.45) is 13.0. The van der Waals surface area contributed by atoms with E-state index in [4.69, 9.17) is 0 Å². The van der Waals surface area contributed by atoms with Crippen LogP contribution in [0.1, 0.15) is 124 Å². The SMILES string of the molecule is CC(C)C(=O)NCCSC(=O)C1CCC(CNC(=O)CCCCCCCC(=O)NCC2CCC(C(=O)SCCNC(=O)C(C)C)CC2)CC1. The summed E-state index contributed by atoms with van der Waals surface area (Å²) in [5.41, 5.74) is 0. The molecule has 0 aromatic rings. The number of carbonyl (C=O) groups excluding carboxylic acids is 6. The van der Waals surface area contributed by atoms with Gasteiger partial charge in [-0.15, -0.1) is 0 Å². The fourth-order valence-electron chi connectivity index (χ4n) is 6.29. The van der Waals surface area contributed by atoms with Gasteiger partial charge in [0.05, 0.1) is 0 Å². The van der Waals surface area contributed by atoms with Gasteiger partial charge in [0.1, 0.15) is 0 Å². The number of rotatable bonds is 22. The van der Waals surface area contributed by atoms with Crippen LogP contribution in [0.15, 0.2) is 0 Å². The third kappa shape index (κ3) is 19.2. The van der Waals surface area contributed by atoms with E-state index < -0.39 is 0 Å². The lowest BCUT2D eigenvalue weighted by Gasteiger charge is -2.27. The second-order valence-electron chi connectivity index (χ2n) is 14.5. The lowest BCUT2D eigenvalue weighted by atomic mass is 9.82. The maximum atomic E-state index is 12.5. The smallest absolute Gasteiger partial charge is 0.222 e. The molecule has 4 amide bonds. The fraction of sp³-hybridized carbons (Fsp3) is 0.838. The number of nitrogens with one attached hydrogen (secondary N) is 4. The molecule has 280 valence electrons. The van der Waals surface area contributed by atoms with Gasteiger partial charge in [-0.3, -0.25) is 28.8 Å². The number of unbranched alkanes of at least 4 members (excludes halogenated alkanes) is 4. The van der Waals surface area contributed by atoms with E-state index in [2.05, 4.69) is 21.3 Å². The topological polar surface area (TPSA) is 151 Å². The fourth-order valence-corrected chi connectivity index (χ4v) is 8.05. The molecule has 2 fully saturated rings. The van der Waals surface area contributed by atoms with Crippen LogP contribution >= 0.6 is 23.5 Å². The van der Waals surface area contributed by atoms with E-state index in [1.807, 2.05) is 27.7 Å². The molecule has 49 heavy (non-hydrogen) atoms. The molecule has 2 saturated carbocycles. The number of carbonyl (C=O) groups is 6. The molecule has 10 nitrogen and oxygen atoms in total. The molecule has 0 saturated heterocycles. The Hall–Kier alpha value is -2.08. The van der Waals surface area contributed by atoms with Gasteiger partial charge in [-0.2, -0.15) is 0 Å². The molecule has 0 spiro atoms. The predicted molar refractivity (Wildman–Crippen MR) is 200 cm³/mol. The molecule has 0 aromatic carbocycles. The highest BCUT2D eigenvalue weighted by atomic mass is 32.2. The van der Waals surface area contributed by atoms with Crippen LogP contribution < -0.4 is 21.3 Å². The van der Waals surface area contributed by atoms with Crippen molar-refractivity contribution in [3.63, 3.8) is 0 Å². The van der Waals surface area contributed by atoms with Gasteiger partial charge in [0.25, 0.3) is 0 Å². The number of thioether (sulfide) groups is 2. The Balaban J connectivity index is 1.40. The Morgan fingerprint density at radius 3 is 1.20 bits per heavy atom. The first kappa shape index (κ1) is 43.1. The van der Waals surface area contributed by atoms with Crippen molar-refractivity contribution >= 4 is 57.4 Å². The Bertz CT molecular complexity index is 960. The van der Waals surface area contributed by atoms with Crippen molar-refractivity contribution < 1.29 is 28.8 Å². The third-order valence-corrected chi connectivity index (χ3v) is 11.7. The van der Waals surface area contributed by atoms with Crippen LogP contribution in [0.3, 0.4) is 0 Å². The minimum atomic E-state index is -0.0445. The Morgan fingerprint density at radius 2 is 0.857 bits per heavy atom. The lowest BCUT2D eigenvalue weighted by molar-refractivity contribution is -0.124. The molecule has 0 aliphatic heterocycles. The van der Waals surface area contributed by atoms with Gasteiger partial charge in [-0.05, 0) is 76.0 Å². The first-order valence-electron chi connectivity index (χ1n) is 18.9. The summed E-state index contributed by atoms with van der Waals surface area (Å²) in [6, 6.07) is 0. The molecule has 0 atom stereocenters. The average molecular weight is 725 g/mol. The van der Waals surface area contributed by atoms with Crippen LogP contribution in [0.2, 0.25) is 0 Å². The molecule has 0 aromatic heterocycles. The molecule has 12 heteroatoms. The second kappa shape index (κ2) is 25.0. The van der Waals surface area contributed by atoms with Crippen molar-refractivity contribution in [1.82, 2.24) is 21.3 Å². The monoisotopic (exact) mass is 724 g/mol. The van der Waals surface area contributed by atoms with E-state index >= 15 is 0 Å². The van der Waals surface area contributed by atoms with Gasteiger partial charge in [-0.25, -0.2) is 0 Å². The Kier molecular flexibility index (Phi) is 22.0. The largest absolute Gasteiger partial charge is 0.356 e. The molecule has 4 N–H and O–H groups in total. The van der Waals surface area contributed by atoms with E-state index in [1.54, 1.807) is 0 Å². The average Bonchev–Trinajstić information content (AvgIpc) is 3.09. The van der Waals surface area contributed by atoms with Gasteiger partial charge < -0.3 is 21.3 Å². The summed E-state index contributed by atoms with van der Waals surface area (Å²) in [5, 5.41) is 12.3. The van der Waals surface area contributed by atoms with Gasteiger partial charge in [-0.1, -0.05) is 70.5 Å². The van der Waals surface area contributed by atoms with Gasteiger partial charge in [0, 0.05) is 74.2 Å². The summed E-state index contributed by atoms with van der Waals surface area (Å²) in [7, 11) is 0. The van der Waals surface area contributed by atoms with Crippen LogP contribution in [-0.4, -0.2) is 71.5 Å². The molecular weight excluding hydrogens is 661 g/mol. The molecule has 0 heterocycles. The van der Waals surface area contributed by atoms with Crippen LogP contribution in [0.25, 0.3) is 0 Å². The van der Waals surface area contributed by atoms with Gasteiger partial charge >= 0.3 is 0 Å². The summed E-state index contributed by atoms with van der Waals surface area (Å²) >= 11 is 2.65. The quantitative estimate of drug-likeness (QED) is 0.105. The summed E-state index contributed by atoms with van der Waals surface area (Å²) in [4.78, 5) is 72.9. The zero-order chi connectivity index (χ0) is 36.0. The van der Waals surface area contributed by atoms with Crippen molar-refractivity contribution in [2.75, 3.05) is 37.7 Å². The van der Waals surface area contributed by atoms with E-state index in [9.17, 15) is 28.8 Å². The van der Waals surface area contributed by atoms with Crippen molar-refractivity contribution in [3.05, 3.63) is 0 Å². The van der Waals surface area contributed by atoms with E-state index in [-0.39, 0.29) is 57.5 Å². The van der Waals surface area contributed by atoms with E-state index in [0.29, 0.717) is 62.4 Å². The number of hydrogen-bond donors (Lipinski definition) is 4. The third-order valence-electron chi connectivity index (χ3n) is 9.68. The lowest BCUT2D eigenvalue weighted by Crippen LogP contribution is -2.32. The van der Waals surface area contributed by atoms with Crippen molar-refractivity contribution in [3.8, 4) is 0 Å². The zero-order valence-electron chi connectivity index (χ0n) is 30.6. The first-order chi connectivity index (χ1) is 23.5. The highest BCUT2D eigenvalue weighted by Crippen LogP contribution is 2.32.